The zero-order valence-electron chi connectivity index (χ0n) is 16.8. The molecule has 162 valence electrons. The highest BCUT2D eigenvalue weighted by atomic mass is 16.6. The van der Waals surface area contributed by atoms with Gasteiger partial charge < -0.3 is 15.4 Å². The van der Waals surface area contributed by atoms with Gasteiger partial charge in [0.1, 0.15) is 5.69 Å². The van der Waals surface area contributed by atoms with Gasteiger partial charge in [0.15, 0.2) is 6.10 Å². The highest BCUT2D eigenvalue weighted by molar-refractivity contribution is 5.98. The molecule has 0 saturated heterocycles. The fraction of sp³-hybridized carbons (Fsp3) is 0.286. The van der Waals surface area contributed by atoms with E-state index in [1.165, 1.54) is 19.1 Å². The van der Waals surface area contributed by atoms with E-state index >= 15 is 0 Å². The number of anilines is 1. The van der Waals surface area contributed by atoms with Crippen molar-refractivity contribution in [2.45, 2.75) is 38.5 Å². The van der Waals surface area contributed by atoms with Gasteiger partial charge in [-0.15, -0.1) is 0 Å². The minimum atomic E-state index is -1.28. The number of esters is 1. The number of imide groups is 1. The highest BCUT2D eigenvalue weighted by Crippen LogP contribution is 2.31. The number of nitrogens with zero attached hydrogens (tertiary/aromatic N) is 1. The molecule has 10 heteroatoms. The minimum Gasteiger partial charge on any atom is -0.449 e. The predicted molar refractivity (Wildman–Crippen MR) is 111 cm³/mol. The van der Waals surface area contributed by atoms with Gasteiger partial charge in [-0.05, 0) is 37.5 Å². The molecule has 0 aliphatic heterocycles. The Morgan fingerprint density at radius 3 is 2.52 bits per heavy atom. The average Bonchev–Trinajstić information content (AvgIpc) is 3.57. The van der Waals surface area contributed by atoms with Crippen LogP contribution in [-0.2, 0) is 16.1 Å². The molecule has 3 rings (SSSR count). The Balaban J connectivity index is 1.54. The molecule has 1 aliphatic carbocycles. The lowest BCUT2D eigenvalue weighted by Crippen LogP contribution is -2.44. The molecule has 0 heterocycles. The lowest BCUT2D eigenvalue weighted by atomic mass is 10.1. The van der Waals surface area contributed by atoms with Gasteiger partial charge in [0.05, 0.1) is 10.5 Å². The van der Waals surface area contributed by atoms with Gasteiger partial charge in [0.2, 0.25) is 0 Å². The van der Waals surface area contributed by atoms with Crippen molar-refractivity contribution in [3.8, 4) is 0 Å². The van der Waals surface area contributed by atoms with Gasteiger partial charge in [-0.1, -0.05) is 30.3 Å². The number of rotatable bonds is 8. The number of urea groups is 1. The summed E-state index contributed by atoms with van der Waals surface area (Å²) in [4.78, 5) is 47.1. The molecular weight excluding hydrogens is 404 g/mol. The van der Waals surface area contributed by atoms with Gasteiger partial charge in [-0.25, -0.2) is 9.59 Å². The maximum Gasteiger partial charge on any atom is 0.339 e. The number of carbonyl (C=O) groups excluding carboxylic acids is 3. The van der Waals surface area contributed by atoms with Gasteiger partial charge in [-0.3, -0.25) is 20.2 Å². The largest absolute Gasteiger partial charge is 0.449 e. The van der Waals surface area contributed by atoms with Crippen LogP contribution in [-0.4, -0.2) is 35.0 Å². The van der Waals surface area contributed by atoms with Gasteiger partial charge >= 0.3 is 12.0 Å². The second kappa shape index (κ2) is 9.70. The van der Waals surface area contributed by atoms with E-state index in [0.717, 1.165) is 24.5 Å². The third kappa shape index (κ3) is 6.26. The molecule has 0 bridgehead atoms. The van der Waals surface area contributed by atoms with Crippen LogP contribution in [0.3, 0.4) is 0 Å². The van der Waals surface area contributed by atoms with E-state index in [0.29, 0.717) is 5.69 Å². The quantitative estimate of drug-likeness (QED) is 0.335. The van der Waals surface area contributed by atoms with Crippen LogP contribution in [0.25, 0.3) is 0 Å². The average molecular weight is 426 g/mol. The van der Waals surface area contributed by atoms with Crippen molar-refractivity contribution in [2.24, 2.45) is 0 Å². The van der Waals surface area contributed by atoms with Crippen molar-refractivity contribution in [3.63, 3.8) is 0 Å². The number of hydrogen-bond acceptors (Lipinski definition) is 7. The van der Waals surface area contributed by atoms with Crippen molar-refractivity contribution < 1.29 is 24.0 Å². The van der Waals surface area contributed by atoms with E-state index in [4.69, 9.17) is 4.74 Å². The Bertz CT molecular complexity index is 991. The molecule has 1 atom stereocenters. The van der Waals surface area contributed by atoms with Crippen molar-refractivity contribution in [2.75, 3.05) is 5.32 Å². The molecule has 1 unspecified atom stereocenters. The van der Waals surface area contributed by atoms with Crippen LogP contribution >= 0.6 is 0 Å². The molecule has 1 aliphatic rings. The van der Waals surface area contributed by atoms with Crippen LogP contribution in [0.5, 0.6) is 0 Å². The molecule has 2 aromatic carbocycles. The maximum atomic E-state index is 12.3. The van der Waals surface area contributed by atoms with Crippen LogP contribution in [0, 0.1) is 10.1 Å². The summed E-state index contributed by atoms with van der Waals surface area (Å²) in [5.41, 5.74) is 0.857. The maximum absolute atomic E-state index is 12.3. The molecule has 2 aromatic rings. The first kappa shape index (κ1) is 21.8. The Morgan fingerprint density at radius 2 is 1.87 bits per heavy atom. The fourth-order valence-corrected chi connectivity index (χ4v) is 2.70. The summed E-state index contributed by atoms with van der Waals surface area (Å²) in [7, 11) is 0. The SMILES string of the molecule is CC(OC(=O)c1ccc(NC2CC2)c([N+](=O)[O-])c1)C(=O)NC(=O)NCc1ccccc1. The van der Waals surface area contributed by atoms with Gasteiger partial charge in [0.25, 0.3) is 11.6 Å². The van der Waals surface area contributed by atoms with E-state index in [1.54, 1.807) is 0 Å². The zero-order chi connectivity index (χ0) is 22.4. The summed E-state index contributed by atoms with van der Waals surface area (Å²) < 4.78 is 5.06. The Kier molecular flexibility index (Phi) is 6.81. The lowest BCUT2D eigenvalue weighted by molar-refractivity contribution is -0.384. The van der Waals surface area contributed by atoms with Gasteiger partial charge in [0, 0.05) is 18.7 Å². The Hall–Kier alpha value is -3.95. The van der Waals surface area contributed by atoms with Crippen molar-refractivity contribution >= 4 is 29.3 Å². The Morgan fingerprint density at radius 1 is 1.16 bits per heavy atom. The van der Waals surface area contributed by atoms with Crippen LogP contribution in [0.1, 0.15) is 35.7 Å². The molecule has 3 amide bonds. The number of nitro benzene ring substituents is 1. The molecule has 10 nitrogen and oxygen atoms in total. The predicted octanol–water partition coefficient (Wildman–Crippen LogP) is 2.74. The summed E-state index contributed by atoms with van der Waals surface area (Å²) >= 11 is 0. The van der Waals surface area contributed by atoms with Crippen LogP contribution < -0.4 is 16.0 Å². The van der Waals surface area contributed by atoms with Crippen molar-refractivity contribution in [3.05, 3.63) is 69.8 Å². The summed E-state index contributed by atoms with van der Waals surface area (Å²) in [6.07, 6.45) is 0.595. The third-order valence-electron chi connectivity index (χ3n) is 4.55. The van der Waals surface area contributed by atoms with E-state index in [1.807, 2.05) is 30.3 Å². The smallest absolute Gasteiger partial charge is 0.339 e. The Labute approximate surface area is 178 Å². The first-order valence-electron chi connectivity index (χ1n) is 9.72. The number of carbonyl (C=O) groups is 3. The molecule has 0 aromatic heterocycles. The summed E-state index contributed by atoms with van der Waals surface area (Å²) in [6.45, 7) is 1.52. The number of ether oxygens (including phenoxy) is 1. The number of amides is 3. The highest BCUT2D eigenvalue weighted by Gasteiger charge is 2.27. The molecule has 31 heavy (non-hydrogen) atoms. The molecule has 3 N–H and O–H groups in total. The van der Waals surface area contributed by atoms with E-state index < -0.39 is 28.9 Å². The summed E-state index contributed by atoms with van der Waals surface area (Å²) in [5.74, 6) is -1.73. The fourth-order valence-electron chi connectivity index (χ4n) is 2.70. The number of nitro groups is 1. The molecule has 0 spiro atoms. The van der Waals surface area contributed by atoms with Crippen LogP contribution in [0.4, 0.5) is 16.2 Å². The van der Waals surface area contributed by atoms with Gasteiger partial charge in [-0.2, -0.15) is 0 Å². The van der Waals surface area contributed by atoms with E-state index in [9.17, 15) is 24.5 Å². The van der Waals surface area contributed by atoms with Crippen LogP contribution in [0.2, 0.25) is 0 Å². The first-order valence-corrected chi connectivity index (χ1v) is 9.72. The topological polar surface area (TPSA) is 140 Å². The second-order valence-electron chi connectivity index (χ2n) is 7.11. The first-order chi connectivity index (χ1) is 14.8. The van der Waals surface area contributed by atoms with E-state index in [-0.39, 0.29) is 23.8 Å². The third-order valence-corrected chi connectivity index (χ3v) is 4.55. The van der Waals surface area contributed by atoms with Crippen molar-refractivity contribution in [1.29, 1.82) is 0 Å². The number of nitrogens with one attached hydrogen (secondary N) is 3. The monoisotopic (exact) mass is 426 g/mol. The summed E-state index contributed by atoms with van der Waals surface area (Å²) in [6, 6.07) is 12.5. The zero-order valence-corrected chi connectivity index (χ0v) is 16.8. The number of benzene rings is 2. The molecular formula is C21H22N4O6. The van der Waals surface area contributed by atoms with Crippen LogP contribution in [0.15, 0.2) is 48.5 Å². The normalized spacial score (nSPS) is 13.6. The molecule has 0 radical (unpaired) electrons. The molecule has 1 fully saturated rings. The number of hydrogen-bond donors (Lipinski definition) is 3. The standard InChI is InChI=1S/C21H22N4O6/c1-13(19(26)24-21(28)22-12-14-5-3-2-4-6-14)31-20(27)15-7-10-17(23-16-8-9-16)18(11-15)25(29)30/h2-7,10-11,13,16,23H,8-9,12H2,1H3,(H2,22,24,26,28). The summed E-state index contributed by atoms with van der Waals surface area (Å²) in [5, 5.41) is 19.0. The lowest BCUT2D eigenvalue weighted by Gasteiger charge is -2.14. The molecule has 1 saturated carbocycles. The second-order valence-corrected chi connectivity index (χ2v) is 7.11. The van der Waals surface area contributed by atoms with Crippen molar-refractivity contribution in [1.82, 2.24) is 10.6 Å². The van der Waals surface area contributed by atoms with E-state index in [2.05, 4.69) is 16.0 Å². The minimum absolute atomic E-state index is 0.0683.